The fourth-order valence-electron chi connectivity index (χ4n) is 1.63. The first-order valence-electron chi connectivity index (χ1n) is 5.22. The van der Waals surface area contributed by atoms with E-state index in [9.17, 15) is 4.79 Å². The summed E-state index contributed by atoms with van der Waals surface area (Å²) in [6.07, 6.45) is 3.45. The predicted molar refractivity (Wildman–Crippen MR) is 53.5 cm³/mol. The van der Waals surface area contributed by atoms with E-state index in [0.717, 1.165) is 18.9 Å². The van der Waals surface area contributed by atoms with Gasteiger partial charge in [0.05, 0.1) is 6.54 Å². The number of amides is 1. The molecule has 3 heteroatoms. The highest BCUT2D eigenvalue weighted by Crippen LogP contribution is 2.25. The van der Waals surface area contributed by atoms with Gasteiger partial charge in [-0.1, -0.05) is 13.8 Å². The van der Waals surface area contributed by atoms with Crippen LogP contribution in [-0.2, 0) is 4.79 Å². The molecule has 76 valence electrons. The predicted octanol–water partition coefficient (Wildman–Crippen LogP) is 0.901. The number of carbonyl (C=O) groups is 1. The first-order chi connectivity index (χ1) is 6.22. The zero-order valence-electron chi connectivity index (χ0n) is 8.60. The zero-order chi connectivity index (χ0) is 9.68. The van der Waals surface area contributed by atoms with Crippen LogP contribution in [0.2, 0.25) is 0 Å². The second kappa shape index (κ2) is 5.22. The first-order valence-corrected chi connectivity index (χ1v) is 5.22. The van der Waals surface area contributed by atoms with Crippen LogP contribution in [0.1, 0.15) is 33.1 Å². The molecule has 0 aliphatic heterocycles. The Morgan fingerprint density at radius 2 is 2.15 bits per heavy atom. The van der Waals surface area contributed by atoms with Gasteiger partial charge in [0, 0.05) is 12.6 Å². The summed E-state index contributed by atoms with van der Waals surface area (Å²) in [6, 6.07) is 0.586. The van der Waals surface area contributed by atoms with Crippen molar-refractivity contribution in [3.8, 4) is 0 Å². The Labute approximate surface area is 80.3 Å². The minimum Gasteiger partial charge on any atom is -0.355 e. The largest absolute Gasteiger partial charge is 0.355 e. The zero-order valence-corrected chi connectivity index (χ0v) is 8.60. The molecule has 1 aliphatic carbocycles. The molecule has 3 nitrogen and oxygen atoms in total. The molecule has 0 bridgehead atoms. The van der Waals surface area contributed by atoms with Crippen molar-refractivity contribution in [2.75, 3.05) is 13.1 Å². The third-order valence-corrected chi connectivity index (χ3v) is 2.50. The Bertz CT molecular complexity index is 164. The molecule has 0 radical (unpaired) electrons. The van der Waals surface area contributed by atoms with Gasteiger partial charge in [-0.2, -0.15) is 0 Å². The Kier molecular flexibility index (Phi) is 4.22. The SMILES string of the molecule is CCCNC(=O)CNC1CC(C)C1. The molecule has 0 aromatic carbocycles. The maximum absolute atomic E-state index is 11.2. The van der Waals surface area contributed by atoms with Gasteiger partial charge in [0.2, 0.25) is 5.91 Å². The van der Waals surface area contributed by atoms with Gasteiger partial charge in [-0.05, 0) is 25.2 Å². The van der Waals surface area contributed by atoms with Gasteiger partial charge in [-0.15, -0.1) is 0 Å². The van der Waals surface area contributed by atoms with Crippen molar-refractivity contribution < 1.29 is 4.79 Å². The van der Waals surface area contributed by atoms with Crippen molar-refractivity contribution >= 4 is 5.91 Å². The average Bonchev–Trinajstić information content (AvgIpc) is 2.07. The van der Waals surface area contributed by atoms with E-state index in [1.807, 2.05) is 0 Å². The molecule has 1 aliphatic rings. The summed E-state index contributed by atoms with van der Waals surface area (Å²) in [5, 5.41) is 6.09. The van der Waals surface area contributed by atoms with Crippen molar-refractivity contribution in [2.24, 2.45) is 5.92 Å². The minimum absolute atomic E-state index is 0.126. The molecule has 0 spiro atoms. The number of carbonyl (C=O) groups excluding carboxylic acids is 1. The fraction of sp³-hybridized carbons (Fsp3) is 0.900. The summed E-state index contributed by atoms with van der Waals surface area (Å²) in [7, 11) is 0. The molecule has 0 aromatic rings. The van der Waals surface area contributed by atoms with Crippen molar-refractivity contribution in [3.05, 3.63) is 0 Å². The lowest BCUT2D eigenvalue weighted by Gasteiger charge is -2.33. The monoisotopic (exact) mass is 184 g/mol. The third kappa shape index (κ3) is 3.77. The van der Waals surface area contributed by atoms with Crippen LogP contribution < -0.4 is 10.6 Å². The van der Waals surface area contributed by atoms with Crippen LogP contribution in [0.3, 0.4) is 0 Å². The second-order valence-corrected chi connectivity index (χ2v) is 4.00. The third-order valence-electron chi connectivity index (χ3n) is 2.50. The van der Waals surface area contributed by atoms with Crippen LogP contribution in [0.25, 0.3) is 0 Å². The molecule has 0 unspecified atom stereocenters. The van der Waals surface area contributed by atoms with Gasteiger partial charge < -0.3 is 10.6 Å². The molecule has 0 atom stereocenters. The summed E-state index contributed by atoms with van der Waals surface area (Å²) in [6.45, 7) is 5.58. The fourth-order valence-corrected chi connectivity index (χ4v) is 1.63. The molecule has 0 heterocycles. The van der Waals surface area contributed by atoms with E-state index in [0.29, 0.717) is 12.6 Å². The molecule has 0 aromatic heterocycles. The van der Waals surface area contributed by atoms with Gasteiger partial charge in [-0.25, -0.2) is 0 Å². The normalized spacial score (nSPS) is 26.6. The standard InChI is InChI=1S/C10H20N2O/c1-3-4-11-10(13)7-12-9-5-8(2)6-9/h8-9,12H,3-7H2,1-2H3,(H,11,13). The molecule has 1 amide bonds. The average molecular weight is 184 g/mol. The van der Waals surface area contributed by atoms with E-state index >= 15 is 0 Å². The second-order valence-electron chi connectivity index (χ2n) is 4.00. The topological polar surface area (TPSA) is 41.1 Å². The molecule has 1 fully saturated rings. The molecular weight excluding hydrogens is 164 g/mol. The summed E-state index contributed by atoms with van der Waals surface area (Å²) >= 11 is 0. The van der Waals surface area contributed by atoms with E-state index in [1.165, 1.54) is 12.8 Å². The van der Waals surface area contributed by atoms with E-state index in [4.69, 9.17) is 0 Å². The summed E-state index contributed by atoms with van der Waals surface area (Å²) in [4.78, 5) is 11.2. The summed E-state index contributed by atoms with van der Waals surface area (Å²) in [5.74, 6) is 0.970. The van der Waals surface area contributed by atoms with Crippen molar-refractivity contribution in [1.82, 2.24) is 10.6 Å². The lowest BCUT2D eigenvalue weighted by Crippen LogP contribution is -2.45. The van der Waals surface area contributed by atoms with Crippen molar-refractivity contribution in [3.63, 3.8) is 0 Å². The number of rotatable bonds is 5. The van der Waals surface area contributed by atoms with Crippen LogP contribution >= 0.6 is 0 Å². The lowest BCUT2D eigenvalue weighted by molar-refractivity contribution is -0.120. The lowest BCUT2D eigenvalue weighted by atomic mass is 9.82. The molecule has 0 saturated heterocycles. The van der Waals surface area contributed by atoms with Crippen LogP contribution in [-0.4, -0.2) is 25.0 Å². The van der Waals surface area contributed by atoms with Gasteiger partial charge >= 0.3 is 0 Å². The highest BCUT2D eigenvalue weighted by molar-refractivity contribution is 5.77. The van der Waals surface area contributed by atoms with Crippen LogP contribution in [0.4, 0.5) is 0 Å². The van der Waals surface area contributed by atoms with Gasteiger partial charge in [-0.3, -0.25) is 4.79 Å². The molecule has 1 rings (SSSR count). The Hall–Kier alpha value is -0.570. The summed E-state index contributed by atoms with van der Waals surface area (Å²) < 4.78 is 0. The number of hydrogen-bond acceptors (Lipinski definition) is 2. The van der Waals surface area contributed by atoms with Gasteiger partial charge in [0.1, 0.15) is 0 Å². The molecule has 13 heavy (non-hydrogen) atoms. The summed E-state index contributed by atoms with van der Waals surface area (Å²) in [5.41, 5.74) is 0. The van der Waals surface area contributed by atoms with Gasteiger partial charge in [0.25, 0.3) is 0 Å². The van der Waals surface area contributed by atoms with Crippen molar-refractivity contribution in [1.29, 1.82) is 0 Å². The quantitative estimate of drug-likeness (QED) is 0.666. The Morgan fingerprint density at radius 3 is 2.69 bits per heavy atom. The van der Waals surface area contributed by atoms with E-state index in [-0.39, 0.29) is 5.91 Å². The maximum atomic E-state index is 11.2. The smallest absolute Gasteiger partial charge is 0.233 e. The highest BCUT2D eigenvalue weighted by Gasteiger charge is 2.24. The van der Waals surface area contributed by atoms with Crippen molar-refractivity contribution in [2.45, 2.75) is 39.2 Å². The van der Waals surface area contributed by atoms with E-state index in [1.54, 1.807) is 0 Å². The molecule has 2 N–H and O–H groups in total. The van der Waals surface area contributed by atoms with Gasteiger partial charge in [0.15, 0.2) is 0 Å². The maximum Gasteiger partial charge on any atom is 0.233 e. The first kappa shape index (κ1) is 10.5. The van der Waals surface area contributed by atoms with E-state index < -0.39 is 0 Å². The molecular formula is C10H20N2O. The number of nitrogens with one attached hydrogen (secondary N) is 2. The Morgan fingerprint density at radius 1 is 1.46 bits per heavy atom. The van der Waals surface area contributed by atoms with E-state index in [2.05, 4.69) is 24.5 Å². The van der Waals surface area contributed by atoms with Crippen LogP contribution in [0, 0.1) is 5.92 Å². The Balaban J connectivity index is 1.96. The van der Waals surface area contributed by atoms with Crippen LogP contribution in [0.5, 0.6) is 0 Å². The minimum atomic E-state index is 0.126. The highest BCUT2D eigenvalue weighted by atomic mass is 16.1. The van der Waals surface area contributed by atoms with Crippen LogP contribution in [0.15, 0.2) is 0 Å². The number of hydrogen-bond donors (Lipinski definition) is 2. The molecule has 1 saturated carbocycles.